The molecule has 98 valence electrons. The molecule has 0 amide bonds. The predicted molar refractivity (Wildman–Crippen MR) is 74.6 cm³/mol. The highest BCUT2D eigenvalue weighted by atomic mass is 79.9. The van der Waals surface area contributed by atoms with Crippen LogP contribution in [-0.2, 0) is 9.31 Å². The van der Waals surface area contributed by atoms with Gasteiger partial charge in [0.05, 0.1) is 11.2 Å². The van der Waals surface area contributed by atoms with Crippen molar-refractivity contribution < 1.29 is 13.7 Å². The second-order valence-electron chi connectivity index (χ2n) is 5.71. The minimum atomic E-state index is -0.651. The maximum absolute atomic E-state index is 14.0. The molecule has 5 heteroatoms. The molecule has 1 fully saturated rings. The molecule has 2 nitrogen and oxygen atoms in total. The van der Waals surface area contributed by atoms with Crippen LogP contribution in [0.1, 0.15) is 33.3 Å². The summed E-state index contributed by atoms with van der Waals surface area (Å²) in [6, 6.07) is 3.22. The fourth-order valence-corrected chi connectivity index (χ4v) is 2.15. The highest BCUT2D eigenvalue weighted by Gasteiger charge is 2.52. The van der Waals surface area contributed by atoms with E-state index >= 15 is 0 Å². The van der Waals surface area contributed by atoms with Crippen molar-refractivity contribution >= 4 is 28.5 Å². The first-order valence-corrected chi connectivity index (χ1v) is 6.74. The summed E-state index contributed by atoms with van der Waals surface area (Å²) >= 11 is 3.31. The molecule has 0 aromatic heterocycles. The maximum atomic E-state index is 14.0. The smallest absolute Gasteiger partial charge is 0.399 e. The Kier molecular flexibility index (Phi) is 3.37. The molecule has 0 saturated carbocycles. The number of benzene rings is 1. The van der Waals surface area contributed by atoms with Crippen LogP contribution in [0.2, 0.25) is 0 Å². The number of rotatable bonds is 1. The topological polar surface area (TPSA) is 18.5 Å². The molecule has 1 aliphatic heterocycles. The third kappa shape index (κ3) is 2.24. The monoisotopic (exact) mass is 314 g/mol. The van der Waals surface area contributed by atoms with Gasteiger partial charge in [-0.2, -0.15) is 0 Å². The fraction of sp³-hybridized carbons (Fsp3) is 0.538. The van der Waals surface area contributed by atoms with Crippen LogP contribution in [0.15, 0.2) is 16.6 Å². The molecule has 0 N–H and O–H groups in total. The lowest BCUT2D eigenvalue weighted by atomic mass is 9.78. The van der Waals surface area contributed by atoms with Crippen LogP contribution in [0.4, 0.5) is 4.39 Å². The third-order valence-electron chi connectivity index (χ3n) is 3.79. The molecule has 0 atom stereocenters. The van der Waals surface area contributed by atoms with Crippen molar-refractivity contribution in [3.8, 4) is 0 Å². The summed E-state index contributed by atoms with van der Waals surface area (Å²) in [6.45, 7) is 9.73. The summed E-state index contributed by atoms with van der Waals surface area (Å²) in [5, 5.41) is 0. The molecule has 1 aliphatic rings. The van der Waals surface area contributed by atoms with Gasteiger partial charge in [0.2, 0.25) is 0 Å². The van der Waals surface area contributed by atoms with E-state index in [0.717, 1.165) is 10.0 Å². The molecule has 0 radical (unpaired) electrons. The summed E-state index contributed by atoms with van der Waals surface area (Å²) in [5.74, 6) is -0.314. The van der Waals surface area contributed by atoms with E-state index in [1.807, 2.05) is 34.6 Å². The molecule has 1 heterocycles. The minimum absolute atomic E-state index is 0.314. The number of hydrogen-bond donors (Lipinski definition) is 0. The van der Waals surface area contributed by atoms with Gasteiger partial charge in [-0.15, -0.1) is 0 Å². The van der Waals surface area contributed by atoms with Gasteiger partial charge in [0.25, 0.3) is 0 Å². The van der Waals surface area contributed by atoms with Crippen molar-refractivity contribution in [2.75, 3.05) is 0 Å². The molecule has 1 aromatic carbocycles. The lowest BCUT2D eigenvalue weighted by Crippen LogP contribution is -2.41. The van der Waals surface area contributed by atoms with Crippen LogP contribution in [0.5, 0.6) is 0 Å². The third-order valence-corrected chi connectivity index (χ3v) is 4.64. The Balaban J connectivity index is 2.38. The van der Waals surface area contributed by atoms with E-state index in [1.165, 1.54) is 6.07 Å². The zero-order valence-corrected chi connectivity index (χ0v) is 12.9. The Morgan fingerprint density at radius 1 is 1.11 bits per heavy atom. The molecule has 0 unspecified atom stereocenters. The molecule has 0 aliphatic carbocycles. The van der Waals surface area contributed by atoms with E-state index in [4.69, 9.17) is 9.31 Å². The Morgan fingerprint density at radius 3 is 2.11 bits per heavy atom. The van der Waals surface area contributed by atoms with E-state index in [1.54, 1.807) is 6.07 Å². The molecule has 1 aromatic rings. The SMILES string of the molecule is Cc1cc(B2OC(C)(C)C(C)(C)O2)c(F)cc1Br. The quantitative estimate of drug-likeness (QED) is 0.741. The minimum Gasteiger partial charge on any atom is -0.399 e. The zero-order valence-electron chi connectivity index (χ0n) is 11.3. The van der Waals surface area contributed by atoms with Crippen molar-refractivity contribution in [2.24, 2.45) is 0 Å². The lowest BCUT2D eigenvalue weighted by Gasteiger charge is -2.32. The van der Waals surface area contributed by atoms with Crippen molar-refractivity contribution in [2.45, 2.75) is 45.8 Å². The standard InChI is InChI=1S/C13H17BBrFO2/c1-8-6-9(11(16)7-10(8)15)14-17-12(2,3)13(4,5)18-14/h6-7H,1-5H3. The van der Waals surface area contributed by atoms with Crippen LogP contribution in [0.25, 0.3) is 0 Å². The molecule has 18 heavy (non-hydrogen) atoms. The van der Waals surface area contributed by atoms with Gasteiger partial charge in [-0.25, -0.2) is 4.39 Å². The zero-order chi connectivity index (χ0) is 13.7. The maximum Gasteiger partial charge on any atom is 0.497 e. The van der Waals surface area contributed by atoms with E-state index in [9.17, 15) is 4.39 Å². The average Bonchev–Trinajstić information content (AvgIpc) is 2.42. The summed E-state index contributed by atoms with van der Waals surface area (Å²) in [6.07, 6.45) is 0. The average molecular weight is 315 g/mol. The van der Waals surface area contributed by atoms with Gasteiger partial charge < -0.3 is 9.31 Å². The lowest BCUT2D eigenvalue weighted by molar-refractivity contribution is 0.00578. The van der Waals surface area contributed by atoms with Gasteiger partial charge in [-0.1, -0.05) is 22.0 Å². The Bertz CT molecular complexity index is 472. The van der Waals surface area contributed by atoms with Gasteiger partial charge in [0.1, 0.15) is 5.82 Å². The van der Waals surface area contributed by atoms with Crippen molar-refractivity contribution in [1.29, 1.82) is 0 Å². The van der Waals surface area contributed by atoms with E-state index in [0.29, 0.717) is 5.46 Å². The summed E-state index contributed by atoms with van der Waals surface area (Å²) in [4.78, 5) is 0. The first kappa shape index (κ1) is 14.0. The van der Waals surface area contributed by atoms with Crippen LogP contribution in [-0.4, -0.2) is 18.3 Å². The largest absolute Gasteiger partial charge is 0.497 e. The normalized spacial score (nSPS) is 21.4. The highest BCUT2D eigenvalue weighted by Crippen LogP contribution is 2.36. The van der Waals surface area contributed by atoms with Crippen molar-refractivity contribution in [3.63, 3.8) is 0 Å². The Hall–Kier alpha value is -0.385. The first-order valence-electron chi connectivity index (χ1n) is 5.95. The molecule has 0 bridgehead atoms. The number of aryl methyl sites for hydroxylation is 1. The van der Waals surface area contributed by atoms with E-state index in [-0.39, 0.29) is 5.82 Å². The van der Waals surface area contributed by atoms with Crippen molar-refractivity contribution in [3.05, 3.63) is 28.0 Å². The van der Waals surface area contributed by atoms with Crippen LogP contribution in [0.3, 0.4) is 0 Å². The highest BCUT2D eigenvalue weighted by molar-refractivity contribution is 9.10. The van der Waals surface area contributed by atoms with E-state index in [2.05, 4.69) is 15.9 Å². The van der Waals surface area contributed by atoms with Gasteiger partial charge in [0, 0.05) is 9.94 Å². The predicted octanol–water partition coefficient (Wildman–Crippen LogP) is 3.20. The summed E-state index contributed by atoms with van der Waals surface area (Å²) in [5.41, 5.74) is 0.506. The number of halogens is 2. The van der Waals surface area contributed by atoms with Gasteiger partial charge in [-0.05, 0) is 46.2 Å². The van der Waals surface area contributed by atoms with Crippen LogP contribution >= 0.6 is 15.9 Å². The summed E-state index contributed by atoms with van der Waals surface area (Å²) in [7, 11) is -0.651. The summed E-state index contributed by atoms with van der Waals surface area (Å²) < 4.78 is 26.4. The molecule has 2 rings (SSSR count). The molecule has 1 saturated heterocycles. The van der Waals surface area contributed by atoms with Crippen molar-refractivity contribution in [1.82, 2.24) is 0 Å². The van der Waals surface area contributed by atoms with Crippen LogP contribution < -0.4 is 5.46 Å². The molecule has 0 spiro atoms. The van der Waals surface area contributed by atoms with E-state index < -0.39 is 18.3 Å². The molecular weight excluding hydrogens is 298 g/mol. The second-order valence-corrected chi connectivity index (χ2v) is 6.57. The van der Waals surface area contributed by atoms with Crippen LogP contribution in [0, 0.1) is 12.7 Å². The number of hydrogen-bond acceptors (Lipinski definition) is 2. The van der Waals surface area contributed by atoms with Gasteiger partial charge >= 0.3 is 7.12 Å². The Labute approximate surface area is 116 Å². The molecular formula is C13H17BBrFO2. The first-order chi connectivity index (χ1) is 8.14. The van der Waals surface area contributed by atoms with Gasteiger partial charge in [-0.3, -0.25) is 0 Å². The second kappa shape index (κ2) is 4.32. The van der Waals surface area contributed by atoms with Gasteiger partial charge in [0.15, 0.2) is 0 Å². The fourth-order valence-electron chi connectivity index (χ4n) is 1.83. The Morgan fingerprint density at radius 2 is 1.61 bits per heavy atom.